The minimum Gasteiger partial charge on any atom is -0.385 e. The highest BCUT2D eigenvalue weighted by Crippen LogP contribution is 1.87. The third kappa shape index (κ3) is 5.56. The van der Waals surface area contributed by atoms with E-state index in [4.69, 9.17) is 4.74 Å². The number of hydrogen-bond acceptors (Lipinski definition) is 3. The van der Waals surface area contributed by atoms with E-state index >= 15 is 0 Å². The van der Waals surface area contributed by atoms with Gasteiger partial charge in [-0.25, -0.2) is 0 Å². The van der Waals surface area contributed by atoms with Gasteiger partial charge >= 0.3 is 0 Å². The molecule has 0 aromatic rings. The van der Waals surface area contributed by atoms with Gasteiger partial charge in [-0.15, -0.1) is 0 Å². The van der Waals surface area contributed by atoms with E-state index in [0.29, 0.717) is 6.54 Å². The molecule has 48 valence electrons. The summed E-state index contributed by atoms with van der Waals surface area (Å²) in [7, 11) is 1.65. The van der Waals surface area contributed by atoms with Crippen LogP contribution in [0.2, 0.25) is 0 Å². The second-order valence-corrected chi connectivity index (χ2v) is 1.55. The van der Waals surface area contributed by atoms with Crippen molar-refractivity contribution in [2.45, 2.75) is 12.8 Å². The van der Waals surface area contributed by atoms with Crippen LogP contribution >= 0.6 is 0 Å². The van der Waals surface area contributed by atoms with Crippen molar-refractivity contribution in [1.29, 1.82) is 0 Å². The Kier molecular flexibility index (Phi) is 6.20. The molecule has 3 nitrogen and oxygen atoms in total. The van der Waals surface area contributed by atoms with Crippen LogP contribution in [0.4, 0.5) is 0 Å². The number of nitrogens with zero attached hydrogens (tertiary/aromatic N) is 1. The first-order valence-corrected chi connectivity index (χ1v) is 2.70. The van der Waals surface area contributed by atoms with E-state index < -0.39 is 0 Å². The fraction of sp³-hybridized carbons (Fsp3) is 1.00. The Balaban J connectivity index is 2.62. The van der Waals surface area contributed by atoms with Crippen molar-refractivity contribution in [3.05, 3.63) is 4.91 Å². The summed E-state index contributed by atoms with van der Waals surface area (Å²) in [5.41, 5.74) is 0. The molecule has 3 heteroatoms. The molecule has 0 aromatic carbocycles. The molecule has 0 aliphatic carbocycles. The van der Waals surface area contributed by atoms with Gasteiger partial charge in [0.1, 0.15) is 0 Å². The molecule has 0 aliphatic rings. The molecule has 0 bridgehead atoms. The van der Waals surface area contributed by atoms with Gasteiger partial charge in [0.25, 0.3) is 0 Å². The number of unbranched alkanes of at least 4 members (excludes halogenated alkanes) is 1. The highest BCUT2D eigenvalue weighted by molar-refractivity contribution is 4.41. The molecule has 0 spiro atoms. The molecule has 0 radical (unpaired) electrons. The molecule has 0 N–H and O–H groups in total. The lowest BCUT2D eigenvalue weighted by atomic mass is 10.3. The van der Waals surface area contributed by atoms with Crippen molar-refractivity contribution in [3.63, 3.8) is 0 Å². The van der Waals surface area contributed by atoms with Gasteiger partial charge in [0.15, 0.2) is 0 Å². The SMILES string of the molecule is COCCCCN=O. The molecular formula is C5H11NO2. The number of hydrogen-bond donors (Lipinski definition) is 0. The van der Waals surface area contributed by atoms with Crippen molar-refractivity contribution in [1.82, 2.24) is 0 Å². The van der Waals surface area contributed by atoms with Crippen LogP contribution in [0.1, 0.15) is 12.8 Å². The highest BCUT2D eigenvalue weighted by Gasteiger charge is 1.84. The summed E-state index contributed by atoms with van der Waals surface area (Å²) in [6, 6.07) is 0. The zero-order valence-corrected chi connectivity index (χ0v) is 5.09. The second-order valence-electron chi connectivity index (χ2n) is 1.55. The smallest absolute Gasteiger partial charge is 0.0812 e. The minimum atomic E-state index is 0.420. The van der Waals surface area contributed by atoms with Gasteiger partial charge < -0.3 is 4.74 Å². The van der Waals surface area contributed by atoms with Gasteiger partial charge in [-0.05, 0) is 12.8 Å². The van der Waals surface area contributed by atoms with E-state index in [0.717, 1.165) is 19.4 Å². The number of nitroso groups, excluding NO2 is 1. The van der Waals surface area contributed by atoms with Gasteiger partial charge in [0.2, 0.25) is 0 Å². The number of ether oxygens (including phenoxy) is 1. The Morgan fingerprint density at radius 3 is 2.75 bits per heavy atom. The van der Waals surface area contributed by atoms with Crippen molar-refractivity contribution in [3.8, 4) is 0 Å². The van der Waals surface area contributed by atoms with Gasteiger partial charge in [0, 0.05) is 13.7 Å². The lowest BCUT2D eigenvalue weighted by molar-refractivity contribution is 0.193. The molecule has 0 amide bonds. The summed E-state index contributed by atoms with van der Waals surface area (Å²) in [6.07, 6.45) is 1.78. The minimum absolute atomic E-state index is 0.420. The summed E-state index contributed by atoms with van der Waals surface area (Å²) in [4.78, 5) is 9.48. The van der Waals surface area contributed by atoms with Crippen LogP contribution in [0.25, 0.3) is 0 Å². The molecule has 8 heavy (non-hydrogen) atoms. The Morgan fingerprint density at radius 1 is 1.50 bits per heavy atom. The summed E-state index contributed by atoms with van der Waals surface area (Å²) >= 11 is 0. The largest absolute Gasteiger partial charge is 0.385 e. The molecular weight excluding hydrogens is 106 g/mol. The second kappa shape index (κ2) is 6.56. The van der Waals surface area contributed by atoms with Gasteiger partial charge in [-0.2, -0.15) is 4.91 Å². The topological polar surface area (TPSA) is 38.7 Å². The fourth-order valence-corrected chi connectivity index (χ4v) is 0.423. The summed E-state index contributed by atoms with van der Waals surface area (Å²) in [6.45, 7) is 1.15. The van der Waals surface area contributed by atoms with E-state index in [1.807, 2.05) is 0 Å². The zero-order chi connectivity index (χ0) is 6.24. The van der Waals surface area contributed by atoms with Crippen molar-refractivity contribution < 1.29 is 4.74 Å². The average molecular weight is 117 g/mol. The van der Waals surface area contributed by atoms with Gasteiger partial charge in [-0.1, -0.05) is 5.18 Å². The lowest BCUT2D eigenvalue weighted by Crippen LogP contribution is -1.89. The molecule has 0 unspecified atom stereocenters. The highest BCUT2D eigenvalue weighted by atomic mass is 16.5. The Bertz CT molecular complexity index is 56.4. The third-order valence-corrected chi connectivity index (χ3v) is 0.848. The standard InChI is InChI=1S/C5H11NO2/c1-8-5-3-2-4-6-7/h2-5H2,1H3. The summed E-state index contributed by atoms with van der Waals surface area (Å²) < 4.78 is 4.74. The zero-order valence-electron chi connectivity index (χ0n) is 5.09. The predicted octanol–water partition coefficient (Wildman–Crippen LogP) is 1.18. The molecule has 0 rings (SSSR count). The van der Waals surface area contributed by atoms with Crippen LogP contribution in [0.5, 0.6) is 0 Å². The predicted molar refractivity (Wildman–Crippen MR) is 31.8 cm³/mol. The molecule has 0 atom stereocenters. The number of rotatable bonds is 5. The van der Waals surface area contributed by atoms with Crippen molar-refractivity contribution >= 4 is 0 Å². The maximum atomic E-state index is 9.48. The molecule has 0 aromatic heterocycles. The van der Waals surface area contributed by atoms with E-state index in [1.54, 1.807) is 7.11 Å². The maximum absolute atomic E-state index is 9.48. The summed E-state index contributed by atoms with van der Waals surface area (Å²) in [5, 5.41) is 2.70. The lowest BCUT2D eigenvalue weighted by Gasteiger charge is -1.92. The van der Waals surface area contributed by atoms with Crippen LogP contribution in [-0.4, -0.2) is 20.3 Å². The summed E-state index contributed by atoms with van der Waals surface area (Å²) in [5.74, 6) is 0. The van der Waals surface area contributed by atoms with Crippen LogP contribution in [0, 0.1) is 4.91 Å². The van der Waals surface area contributed by atoms with Gasteiger partial charge in [0.05, 0.1) is 6.54 Å². The maximum Gasteiger partial charge on any atom is 0.0812 e. The third-order valence-electron chi connectivity index (χ3n) is 0.848. The van der Waals surface area contributed by atoms with E-state index in [-0.39, 0.29) is 0 Å². The van der Waals surface area contributed by atoms with E-state index in [1.165, 1.54) is 0 Å². The Labute approximate surface area is 49.0 Å². The first kappa shape index (κ1) is 7.56. The van der Waals surface area contributed by atoms with E-state index in [2.05, 4.69) is 5.18 Å². The van der Waals surface area contributed by atoms with Crippen molar-refractivity contribution in [2.75, 3.05) is 20.3 Å². The van der Waals surface area contributed by atoms with E-state index in [9.17, 15) is 4.91 Å². The monoisotopic (exact) mass is 117 g/mol. The molecule has 0 heterocycles. The molecule has 0 aliphatic heterocycles. The quantitative estimate of drug-likeness (QED) is 0.400. The number of methoxy groups -OCH3 is 1. The van der Waals surface area contributed by atoms with Gasteiger partial charge in [-0.3, -0.25) is 0 Å². The first-order valence-electron chi connectivity index (χ1n) is 2.70. The Hall–Kier alpha value is -0.440. The van der Waals surface area contributed by atoms with Crippen molar-refractivity contribution in [2.24, 2.45) is 5.18 Å². The molecule has 0 saturated heterocycles. The van der Waals surface area contributed by atoms with Crippen LogP contribution in [-0.2, 0) is 4.74 Å². The normalized spacial score (nSPS) is 9.12. The van der Waals surface area contributed by atoms with Crippen LogP contribution < -0.4 is 0 Å². The average Bonchev–Trinajstić information content (AvgIpc) is 1.81. The Morgan fingerprint density at radius 2 is 2.25 bits per heavy atom. The molecule has 0 fully saturated rings. The first-order chi connectivity index (χ1) is 3.91. The van der Waals surface area contributed by atoms with Crippen LogP contribution in [0.15, 0.2) is 5.18 Å². The fourth-order valence-electron chi connectivity index (χ4n) is 0.423. The molecule has 0 saturated carbocycles. The van der Waals surface area contributed by atoms with Crippen LogP contribution in [0.3, 0.4) is 0 Å².